The minimum absolute atomic E-state index is 0.867. The van der Waals surface area contributed by atoms with E-state index in [0.29, 0.717) is 0 Å². The molecule has 0 N–H and O–H groups in total. The third-order valence-corrected chi connectivity index (χ3v) is 3.44. The second-order valence-electron chi connectivity index (χ2n) is 4.37. The summed E-state index contributed by atoms with van der Waals surface area (Å²) in [4.78, 5) is 15.4. The average molecular weight is 223 g/mol. The second-order valence-corrected chi connectivity index (χ2v) is 4.37. The second kappa shape index (κ2) is 4.13. The van der Waals surface area contributed by atoms with Gasteiger partial charge in [0.1, 0.15) is 0 Å². The van der Waals surface area contributed by atoms with E-state index in [-0.39, 0.29) is 0 Å². The van der Waals surface area contributed by atoms with Crippen molar-refractivity contribution in [3.8, 4) is 11.1 Å². The molecule has 1 heterocycles. The van der Waals surface area contributed by atoms with Crippen molar-refractivity contribution >= 4 is 6.29 Å². The van der Waals surface area contributed by atoms with Gasteiger partial charge >= 0.3 is 0 Å². The molecule has 17 heavy (non-hydrogen) atoms. The van der Waals surface area contributed by atoms with Crippen LogP contribution in [0.1, 0.15) is 27.9 Å². The van der Waals surface area contributed by atoms with E-state index in [0.717, 1.165) is 42.2 Å². The fraction of sp³-hybridized carbons (Fsp3) is 0.200. The number of rotatable bonds is 2. The summed E-state index contributed by atoms with van der Waals surface area (Å²) in [5, 5.41) is 0. The Morgan fingerprint density at radius 1 is 1.06 bits per heavy atom. The number of pyridine rings is 1. The van der Waals surface area contributed by atoms with Gasteiger partial charge in [-0.05, 0) is 53.6 Å². The summed E-state index contributed by atoms with van der Waals surface area (Å²) in [6.07, 6.45) is 7.82. The summed E-state index contributed by atoms with van der Waals surface area (Å²) in [5.74, 6) is 0. The fourth-order valence-corrected chi connectivity index (χ4v) is 2.61. The highest BCUT2D eigenvalue weighted by Crippen LogP contribution is 2.31. The molecule has 2 aromatic rings. The molecule has 0 fully saturated rings. The van der Waals surface area contributed by atoms with E-state index in [4.69, 9.17) is 0 Å². The van der Waals surface area contributed by atoms with E-state index in [9.17, 15) is 4.79 Å². The number of carbonyl (C=O) groups excluding carboxylic acids is 1. The molecule has 3 rings (SSSR count). The van der Waals surface area contributed by atoms with Crippen molar-refractivity contribution in [1.82, 2.24) is 4.98 Å². The minimum Gasteiger partial charge on any atom is -0.298 e. The van der Waals surface area contributed by atoms with E-state index in [2.05, 4.69) is 17.1 Å². The topological polar surface area (TPSA) is 30.0 Å². The average Bonchev–Trinajstić information content (AvgIpc) is 2.86. The van der Waals surface area contributed by atoms with Crippen LogP contribution in [-0.2, 0) is 12.8 Å². The maximum Gasteiger partial charge on any atom is 0.150 e. The van der Waals surface area contributed by atoms with Crippen LogP contribution in [0.2, 0.25) is 0 Å². The van der Waals surface area contributed by atoms with Crippen molar-refractivity contribution < 1.29 is 4.79 Å². The van der Waals surface area contributed by atoms with Gasteiger partial charge < -0.3 is 0 Å². The van der Waals surface area contributed by atoms with Gasteiger partial charge in [-0.15, -0.1) is 0 Å². The zero-order valence-corrected chi connectivity index (χ0v) is 9.52. The SMILES string of the molecule is O=Cc1c(-c2ccncc2)ccc2c1CCC2. The number of fused-ring (bicyclic) bond motifs is 1. The summed E-state index contributed by atoms with van der Waals surface area (Å²) in [7, 11) is 0. The zero-order valence-electron chi connectivity index (χ0n) is 9.52. The van der Waals surface area contributed by atoms with Crippen molar-refractivity contribution in [3.05, 3.63) is 53.3 Å². The van der Waals surface area contributed by atoms with Gasteiger partial charge in [0.2, 0.25) is 0 Å². The predicted octanol–water partition coefficient (Wildman–Crippen LogP) is 3.05. The molecule has 1 aromatic carbocycles. The highest BCUT2D eigenvalue weighted by molar-refractivity contribution is 5.90. The van der Waals surface area contributed by atoms with Crippen LogP contribution in [0, 0.1) is 0 Å². The minimum atomic E-state index is 0.867. The summed E-state index contributed by atoms with van der Waals surface area (Å²) in [5.41, 5.74) is 5.55. The van der Waals surface area contributed by atoms with Gasteiger partial charge in [-0.3, -0.25) is 9.78 Å². The zero-order chi connectivity index (χ0) is 11.7. The molecular weight excluding hydrogens is 210 g/mol. The maximum absolute atomic E-state index is 11.3. The summed E-state index contributed by atoms with van der Waals surface area (Å²) in [6, 6.07) is 8.11. The predicted molar refractivity (Wildman–Crippen MR) is 67.1 cm³/mol. The molecule has 1 aliphatic carbocycles. The quantitative estimate of drug-likeness (QED) is 0.732. The standard InChI is InChI=1S/C15H13NO/c17-10-15-13-3-1-2-11(13)4-5-14(15)12-6-8-16-9-7-12/h4-10H,1-3H2. The van der Waals surface area contributed by atoms with Crippen LogP contribution in [0.4, 0.5) is 0 Å². The van der Waals surface area contributed by atoms with Gasteiger partial charge in [0.05, 0.1) is 0 Å². The van der Waals surface area contributed by atoms with Gasteiger partial charge in [-0.25, -0.2) is 0 Å². The van der Waals surface area contributed by atoms with Gasteiger partial charge in [-0.1, -0.05) is 12.1 Å². The molecule has 0 saturated heterocycles. The number of hydrogen-bond donors (Lipinski definition) is 0. The highest BCUT2D eigenvalue weighted by atomic mass is 16.1. The van der Waals surface area contributed by atoms with E-state index < -0.39 is 0 Å². The van der Waals surface area contributed by atoms with E-state index in [1.165, 1.54) is 11.1 Å². The number of aryl methyl sites for hydroxylation is 1. The van der Waals surface area contributed by atoms with Crippen LogP contribution in [0.25, 0.3) is 11.1 Å². The normalized spacial score (nSPS) is 13.4. The molecule has 0 unspecified atom stereocenters. The lowest BCUT2D eigenvalue weighted by Gasteiger charge is -2.09. The van der Waals surface area contributed by atoms with Crippen molar-refractivity contribution in [3.63, 3.8) is 0 Å². The Bertz CT molecular complexity index is 561. The summed E-state index contributed by atoms with van der Waals surface area (Å²) < 4.78 is 0. The smallest absolute Gasteiger partial charge is 0.150 e. The van der Waals surface area contributed by atoms with E-state index >= 15 is 0 Å². The molecule has 84 valence electrons. The first-order valence-corrected chi connectivity index (χ1v) is 5.90. The number of nitrogens with zero attached hydrogens (tertiary/aromatic N) is 1. The molecule has 0 bridgehead atoms. The third-order valence-electron chi connectivity index (χ3n) is 3.44. The van der Waals surface area contributed by atoms with Gasteiger partial charge in [0, 0.05) is 18.0 Å². The molecular formula is C15H13NO. The monoisotopic (exact) mass is 223 g/mol. The third kappa shape index (κ3) is 1.66. The van der Waals surface area contributed by atoms with E-state index in [1.54, 1.807) is 12.4 Å². The Labute approximate surface area is 100 Å². The molecule has 1 aliphatic rings. The number of aromatic nitrogens is 1. The molecule has 0 saturated carbocycles. The number of carbonyl (C=O) groups is 1. The first-order valence-electron chi connectivity index (χ1n) is 5.90. The van der Waals surface area contributed by atoms with Crippen LogP contribution in [0.15, 0.2) is 36.7 Å². The molecule has 0 spiro atoms. The number of hydrogen-bond acceptors (Lipinski definition) is 2. The Morgan fingerprint density at radius 2 is 1.88 bits per heavy atom. The molecule has 2 heteroatoms. The van der Waals surface area contributed by atoms with Gasteiger partial charge in [0.15, 0.2) is 6.29 Å². The number of benzene rings is 1. The van der Waals surface area contributed by atoms with Gasteiger partial charge in [0.25, 0.3) is 0 Å². The lowest BCUT2D eigenvalue weighted by atomic mass is 9.94. The maximum atomic E-state index is 11.3. The first kappa shape index (κ1) is 10.2. The molecule has 2 nitrogen and oxygen atoms in total. The van der Waals surface area contributed by atoms with Crippen LogP contribution in [0.3, 0.4) is 0 Å². The molecule has 0 aliphatic heterocycles. The van der Waals surface area contributed by atoms with Crippen LogP contribution in [0.5, 0.6) is 0 Å². The molecule has 0 radical (unpaired) electrons. The Kier molecular flexibility index (Phi) is 2.48. The number of aldehydes is 1. The van der Waals surface area contributed by atoms with Gasteiger partial charge in [-0.2, -0.15) is 0 Å². The lowest BCUT2D eigenvalue weighted by Crippen LogP contribution is -1.95. The molecule has 0 amide bonds. The first-order chi connectivity index (χ1) is 8.40. The van der Waals surface area contributed by atoms with Crippen LogP contribution < -0.4 is 0 Å². The van der Waals surface area contributed by atoms with Crippen molar-refractivity contribution in [2.75, 3.05) is 0 Å². The summed E-state index contributed by atoms with van der Waals surface area (Å²) >= 11 is 0. The highest BCUT2D eigenvalue weighted by Gasteiger charge is 2.17. The largest absolute Gasteiger partial charge is 0.298 e. The van der Waals surface area contributed by atoms with Crippen molar-refractivity contribution in [2.24, 2.45) is 0 Å². The van der Waals surface area contributed by atoms with E-state index in [1.807, 2.05) is 12.1 Å². The Hall–Kier alpha value is -1.96. The summed E-state index contributed by atoms with van der Waals surface area (Å²) in [6.45, 7) is 0. The van der Waals surface area contributed by atoms with Crippen molar-refractivity contribution in [2.45, 2.75) is 19.3 Å². The lowest BCUT2D eigenvalue weighted by molar-refractivity contribution is 0.112. The van der Waals surface area contributed by atoms with Crippen LogP contribution >= 0.6 is 0 Å². The van der Waals surface area contributed by atoms with Crippen molar-refractivity contribution in [1.29, 1.82) is 0 Å². The molecule has 1 aromatic heterocycles. The Balaban J connectivity index is 2.22. The Morgan fingerprint density at radius 3 is 2.65 bits per heavy atom. The van der Waals surface area contributed by atoms with Crippen LogP contribution in [-0.4, -0.2) is 11.3 Å². The molecule has 0 atom stereocenters. The fourth-order valence-electron chi connectivity index (χ4n) is 2.61.